The number of para-hydroxylation sites is 1. The Morgan fingerprint density at radius 3 is 2.47 bits per heavy atom. The molecule has 2 aromatic rings. The van der Waals surface area contributed by atoms with Gasteiger partial charge in [0.1, 0.15) is 0 Å². The van der Waals surface area contributed by atoms with Gasteiger partial charge in [0.15, 0.2) is 5.69 Å². The Morgan fingerprint density at radius 2 is 1.91 bits per heavy atom. The number of ether oxygens (including phenoxy) is 1. The molecule has 3 heterocycles. The lowest BCUT2D eigenvalue weighted by molar-refractivity contribution is -0.192. The number of carbonyl (C=O) groups is 2. The fourth-order valence-corrected chi connectivity index (χ4v) is 4.55. The molecule has 32 heavy (non-hydrogen) atoms. The van der Waals surface area contributed by atoms with Gasteiger partial charge in [0.25, 0.3) is 5.91 Å². The highest BCUT2D eigenvalue weighted by Gasteiger charge is 2.45. The second kappa shape index (κ2) is 9.82. The summed E-state index contributed by atoms with van der Waals surface area (Å²) >= 11 is 1.22. The van der Waals surface area contributed by atoms with E-state index in [1.54, 1.807) is 12.5 Å². The number of rotatable bonds is 4. The number of hydrogen-bond acceptors (Lipinski definition) is 7. The van der Waals surface area contributed by atoms with Crippen molar-refractivity contribution in [2.75, 3.05) is 44.8 Å². The minimum Gasteiger partial charge on any atom is -0.475 e. The molecule has 2 aliphatic heterocycles. The first-order chi connectivity index (χ1) is 15.2. The van der Waals surface area contributed by atoms with Crippen molar-refractivity contribution in [3.05, 3.63) is 40.9 Å². The molecule has 174 valence electrons. The number of carboxylic acids is 1. The number of alkyl halides is 3. The number of aromatic nitrogens is 2. The van der Waals surface area contributed by atoms with Gasteiger partial charge in [-0.1, -0.05) is 22.7 Å². The number of nitrogens with zero attached hydrogens (tertiary/aromatic N) is 4. The molecule has 0 bridgehead atoms. The molecule has 1 N–H and O–H groups in total. The number of fused-ring (bicyclic) bond motifs is 2. The summed E-state index contributed by atoms with van der Waals surface area (Å²) in [5, 5.41) is 12.8. The maximum atomic E-state index is 12.5. The van der Waals surface area contributed by atoms with E-state index >= 15 is 0 Å². The van der Waals surface area contributed by atoms with E-state index in [9.17, 15) is 18.0 Å². The average Bonchev–Trinajstić information content (AvgIpc) is 3.40. The number of carbonyl (C=O) groups excluding carboxylic acids is 1. The molecule has 1 amide bonds. The number of methoxy groups -OCH3 is 1. The first-order valence-corrected chi connectivity index (χ1v) is 10.7. The molecule has 12 heteroatoms. The van der Waals surface area contributed by atoms with E-state index in [1.807, 2.05) is 4.90 Å². The smallest absolute Gasteiger partial charge is 0.475 e. The molecule has 8 nitrogen and oxygen atoms in total. The lowest BCUT2D eigenvalue weighted by Crippen LogP contribution is -2.47. The van der Waals surface area contributed by atoms with Crippen LogP contribution in [0, 0.1) is 0 Å². The molecular weight excluding hydrogens is 449 g/mol. The summed E-state index contributed by atoms with van der Waals surface area (Å²) in [6.45, 7) is 4.18. The summed E-state index contributed by atoms with van der Waals surface area (Å²) in [6.07, 6.45) is -3.12. The number of benzene rings is 1. The van der Waals surface area contributed by atoms with Crippen LogP contribution in [0.15, 0.2) is 29.6 Å². The van der Waals surface area contributed by atoms with Crippen LogP contribution in [-0.4, -0.2) is 77.5 Å². The average molecular weight is 472 g/mol. The van der Waals surface area contributed by atoms with Gasteiger partial charge in [-0.25, -0.2) is 4.79 Å². The van der Waals surface area contributed by atoms with Gasteiger partial charge in [0.05, 0.1) is 6.61 Å². The Labute approximate surface area is 186 Å². The van der Waals surface area contributed by atoms with Crippen LogP contribution in [-0.2, 0) is 14.9 Å². The largest absolute Gasteiger partial charge is 0.490 e. The first-order valence-electron chi connectivity index (χ1n) is 9.88. The van der Waals surface area contributed by atoms with Crippen molar-refractivity contribution < 1.29 is 32.6 Å². The lowest BCUT2D eigenvalue weighted by Gasteiger charge is -2.39. The van der Waals surface area contributed by atoms with Crippen molar-refractivity contribution >= 4 is 29.1 Å². The standard InChI is InChI=1S/C18H22N4O2S.C2HF3O2/c1-24-11-10-22-13-18(14-4-2-3-5-16(14)22)6-8-21(9-7-18)17(23)15-12-25-20-19-15;3-2(4,5)1(6)7/h2-5,12H,6-11,13H2,1H3;(H,6,7). The quantitative estimate of drug-likeness (QED) is 0.731. The summed E-state index contributed by atoms with van der Waals surface area (Å²) in [6, 6.07) is 8.69. The van der Waals surface area contributed by atoms with Crippen LogP contribution in [0.1, 0.15) is 28.9 Å². The van der Waals surface area contributed by atoms with Crippen LogP contribution >= 0.6 is 11.5 Å². The maximum absolute atomic E-state index is 12.5. The van der Waals surface area contributed by atoms with Crippen LogP contribution in [0.3, 0.4) is 0 Å². The Bertz CT molecular complexity index is 931. The van der Waals surface area contributed by atoms with Gasteiger partial charge in [-0.3, -0.25) is 4.79 Å². The van der Waals surface area contributed by atoms with Crippen LogP contribution in [0.4, 0.5) is 18.9 Å². The van der Waals surface area contributed by atoms with E-state index in [1.165, 1.54) is 22.8 Å². The van der Waals surface area contributed by atoms with Crippen molar-refractivity contribution in [1.82, 2.24) is 14.5 Å². The van der Waals surface area contributed by atoms with Gasteiger partial charge in [0.2, 0.25) is 0 Å². The van der Waals surface area contributed by atoms with Crippen molar-refractivity contribution in [1.29, 1.82) is 0 Å². The summed E-state index contributed by atoms with van der Waals surface area (Å²) < 4.78 is 40.8. The fraction of sp³-hybridized carbons (Fsp3) is 0.500. The number of hydrogen-bond donors (Lipinski definition) is 1. The first kappa shape index (κ1) is 23.9. The molecular formula is C20H23F3N4O4S. The number of aliphatic carboxylic acids is 1. The summed E-state index contributed by atoms with van der Waals surface area (Å²) in [4.78, 5) is 25.8. The van der Waals surface area contributed by atoms with Crippen LogP contribution in [0.2, 0.25) is 0 Å². The Morgan fingerprint density at radius 1 is 1.25 bits per heavy atom. The van der Waals surface area contributed by atoms with E-state index in [0.29, 0.717) is 5.69 Å². The van der Waals surface area contributed by atoms with Crippen LogP contribution < -0.4 is 4.90 Å². The normalized spacial score (nSPS) is 17.0. The van der Waals surface area contributed by atoms with Gasteiger partial charge in [0, 0.05) is 49.8 Å². The molecule has 1 spiro atoms. The number of piperidine rings is 1. The van der Waals surface area contributed by atoms with Gasteiger partial charge in [-0.2, -0.15) is 13.2 Å². The zero-order valence-electron chi connectivity index (χ0n) is 17.3. The molecule has 0 atom stereocenters. The van der Waals surface area contributed by atoms with Crippen molar-refractivity contribution in [3.63, 3.8) is 0 Å². The van der Waals surface area contributed by atoms with E-state index in [-0.39, 0.29) is 11.3 Å². The van der Waals surface area contributed by atoms with Crippen LogP contribution in [0.25, 0.3) is 0 Å². The molecule has 0 saturated carbocycles. The Balaban J connectivity index is 0.000000360. The number of likely N-dealkylation sites (tertiary alicyclic amines) is 1. The highest BCUT2D eigenvalue weighted by atomic mass is 32.1. The van der Waals surface area contributed by atoms with Crippen molar-refractivity contribution in [3.8, 4) is 0 Å². The molecule has 1 fully saturated rings. The van der Waals surface area contributed by atoms with E-state index in [2.05, 4.69) is 38.8 Å². The number of anilines is 1. The number of amides is 1. The zero-order chi connectivity index (χ0) is 23.4. The number of carboxylic acid groups (broad SMARTS) is 1. The third kappa shape index (κ3) is 5.18. The Kier molecular flexibility index (Phi) is 7.34. The minimum atomic E-state index is -5.08. The second-order valence-electron chi connectivity index (χ2n) is 7.60. The van der Waals surface area contributed by atoms with Gasteiger partial charge >= 0.3 is 12.1 Å². The second-order valence-corrected chi connectivity index (χ2v) is 8.21. The topological polar surface area (TPSA) is 95.9 Å². The maximum Gasteiger partial charge on any atom is 0.490 e. The highest BCUT2D eigenvalue weighted by molar-refractivity contribution is 7.03. The Hall–Kier alpha value is -2.73. The van der Waals surface area contributed by atoms with E-state index in [0.717, 1.165) is 45.6 Å². The SMILES string of the molecule is COCCN1CC2(CCN(C(=O)c3csnn3)CC2)c2ccccc21.O=C(O)C(F)(F)F. The fourth-order valence-electron chi connectivity index (χ4n) is 4.12. The predicted octanol–water partition coefficient (Wildman–Crippen LogP) is 2.81. The lowest BCUT2D eigenvalue weighted by atomic mass is 9.74. The van der Waals surface area contributed by atoms with Gasteiger partial charge in [-0.05, 0) is 36.0 Å². The van der Waals surface area contributed by atoms with E-state index in [4.69, 9.17) is 14.6 Å². The monoisotopic (exact) mass is 472 g/mol. The minimum absolute atomic E-state index is 0.00567. The van der Waals surface area contributed by atoms with Gasteiger partial charge in [-0.15, -0.1) is 5.10 Å². The molecule has 1 aromatic carbocycles. The highest BCUT2D eigenvalue weighted by Crippen LogP contribution is 2.46. The van der Waals surface area contributed by atoms with Crippen molar-refractivity contribution in [2.24, 2.45) is 0 Å². The summed E-state index contributed by atoms with van der Waals surface area (Å²) in [5.74, 6) is -2.75. The molecule has 0 aliphatic carbocycles. The molecule has 4 rings (SSSR count). The van der Waals surface area contributed by atoms with E-state index < -0.39 is 12.1 Å². The molecule has 0 unspecified atom stereocenters. The molecule has 1 saturated heterocycles. The summed E-state index contributed by atoms with van der Waals surface area (Å²) in [7, 11) is 1.75. The molecule has 1 aromatic heterocycles. The zero-order valence-corrected chi connectivity index (χ0v) is 18.2. The molecule has 0 radical (unpaired) electrons. The third-order valence-electron chi connectivity index (χ3n) is 5.70. The van der Waals surface area contributed by atoms with Gasteiger partial charge < -0.3 is 19.6 Å². The third-order valence-corrected chi connectivity index (χ3v) is 6.21. The van der Waals surface area contributed by atoms with Crippen LogP contribution in [0.5, 0.6) is 0 Å². The number of halogens is 3. The molecule has 2 aliphatic rings. The predicted molar refractivity (Wildman–Crippen MR) is 111 cm³/mol. The summed E-state index contributed by atoms with van der Waals surface area (Å²) in [5.41, 5.74) is 3.35. The van der Waals surface area contributed by atoms with Crippen molar-refractivity contribution in [2.45, 2.75) is 24.4 Å².